The van der Waals surface area contributed by atoms with Crippen LogP contribution in [0.3, 0.4) is 0 Å². The highest BCUT2D eigenvalue weighted by Gasteiger charge is 2.25. The predicted molar refractivity (Wildman–Crippen MR) is 121 cm³/mol. The van der Waals surface area contributed by atoms with Crippen LogP contribution in [0.1, 0.15) is 41.8 Å². The van der Waals surface area contributed by atoms with Crippen LogP contribution in [0, 0.1) is 6.92 Å². The molecule has 158 valence electrons. The molecule has 4 rings (SSSR count). The number of carbonyl (C=O) groups is 1. The molecule has 1 saturated heterocycles. The summed E-state index contributed by atoms with van der Waals surface area (Å²) in [7, 11) is 0. The van der Waals surface area contributed by atoms with Gasteiger partial charge in [0.2, 0.25) is 5.91 Å². The van der Waals surface area contributed by atoms with Gasteiger partial charge in [-0.15, -0.1) is 11.3 Å². The molecule has 2 aromatic heterocycles. The van der Waals surface area contributed by atoms with Crippen LogP contribution < -0.4 is 10.9 Å². The van der Waals surface area contributed by atoms with Crippen LogP contribution >= 0.6 is 11.3 Å². The van der Waals surface area contributed by atoms with E-state index < -0.39 is 0 Å². The summed E-state index contributed by atoms with van der Waals surface area (Å²) in [6.07, 6.45) is 4.43. The summed E-state index contributed by atoms with van der Waals surface area (Å²) in [5.41, 5.74) is 2.27. The van der Waals surface area contributed by atoms with Gasteiger partial charge in [0.1, 0.15) is 4.83 Å². The number of aromatic nitrogens is 2. The van der Waals surface area contributed by atoms with E-state index in [1.807, 2.05) is 30.3 Å². The molecule has 0 radical (unpaired) electrons. The Balaban J connectivity index is 1.44. The first kappa shape index (κ1) is 20.8. The third kappa shape index (κ3) is 4.32. The van der Waals surface area contributed by atoms with Crippen molar-refractivity contribution in [3.8, 4) is 0 Å². The third-order valence-corrected chi connectivity index (χ3v) is 6.92. The van der Waals surface area contributed by atoms with Crippen molar-refractivity contribution in [3.05, 3.63) is 63.0 Å². The lowest BCUT2D eigenvalue weighted by molar-refractivity contribution is -0.122. The molecule has 1 aliphatic rings. The van der Waals surface area contributed by atoms with Crippen LogP contribution in [0.25, 0.3) is 10.2 Å². The van der Waals surface area contributed by atoms with Crippen molar-refractivity contribution in [2.24, 2.45) is 0 Å². The summed E-state index contributed by atoms with van der Waals surface area (Å²) in [6, 6.07) is 9.97. The van der Waals surface area contributed by atoms with Crippen LogP contribution in [0.2, 0.25) is 0 Å². The minimum absolute atomic E-state index is 0.0159. The Morgan fingerprint density at radius 2 is 2.10 bits per heavy atom. The standard InChI is InChI=1S/C23H28N4O2S/c1-3-19-16(2)30-22-21(19)23(29)27(15-25-22)18-10-7-11-26(13-18)14-20(28)24-12-17-8-5-4-6-9-17/h4-6,8-9,15,18H,3,7,10-14H2,1-2H3,(H,24,28)/t18-/m1/s1. The molecule has 3 heterocycles. The smallest absolute Gasteiger partial charge is 0.262 e. The molecule has 3 aromatic rings. The van der Waals surface area contributed by atoms with Crippen molar-refractivity contribution < 1.29 is 4.79 Å². The average Bonchev–Trinajstić information content (AvgIpc) is 3.09. The molecule has 1 amide bonds. The summed E-state index contributed by atoms with van der Waals surface area (Å²) >= 11 is 1.60. The van der Waals surface area contributed by atoms with Gasteiger partial charge in [-0.05, 0) is 43.9 Å². The molecular formula is C23H28N4O2S. The summed E-state index contributed by atoms with van der Waals surface area (Å²) < 4.78 is 1.79. The molecule has 0 bridgehead atoms. The van der Waals surface area contributed by atoms with E-state index in [4.69, 9.17) is 0 Å². The van der Waals surface area contributed by atoms with E-state index in [1.165, 1.54) is 4.88 Å². The molecule has 7 heteroatoms. The van der Waals surface area contributed by atoms with E-state index in [0.29, 0.717) is 19.6 Å². The first-order chi connectivity index (χ1) is 14.6. The lowest BCUT2D eigenvalue weighted by Gasteiger charge is -2.33. The number of piperidine rings is 1. The van der Waals surface area contributed by atoms with Gasteiger partial charge in [-0.2, -0.15) is 0 Å². The Morgan fingerprint density at radius 1 is 1.30 bits per heavy atom. The number of nitrogens with zero attached hydrogens (tertiary/aromatic N) is 3. The highest BCUT2D eigenvalue weighted by molar-refractivity contribution is 7.18. The van der Waals surface area contributed by atoms with Gasteiger partial charge in [0.15, 0.2) is 0 Å². The molecule has 6 nitrogen and oxygen atoms in total. The predicted octanol–water partition coefficient (Wildman–Crippen LogP) is 3.28. The Kier molecular flexibility index (Phi) is 6.29. The normalized spacial score (nSPS) is 17.3. The van der Waals surface area contributed by atoms with E-state index in [0.717, 1.165) is 47.2 Å². The van der Waals surface area contributed by atoms with Gasteiger partial charge in [0.05, 0.1) is 24.3 Å². The number of nitrogens with one attached hydrogen (secondary N) is 1. The zero-order valence-corrected chi connectivity index (χ0v) is 18.4. The zero-order valence-electron chi connectivity index (χ0n) is 17.6. The molecule has 1 atom stereocenters. The molecule has 0 spiro atoms. The lowest BCUT2D eigenvalue weighted by Crippen LogP contribution is -2.44. The maximum atomic E-state index is 13.2. The topological polar surface area (TPSA) is 67.2 Å². The van der Waals surface area contributed by atoms with Gasteiger partial charge in [-0.3, -0.25) is 19.1 Å². The first-order valence-corrected chi connectivity index (χ1v) is 11.4. The van der Waals surface area contributed by atoms with Gasteiger partial charge < -0.3 is 5.32 Å². The lowest BCUT2D eigenvalue weighted by atomic mass is 10.0. The van der Waals surface area contributed by atoms with Crippen LogP contribution in [0.5, 0.6) is 0 Å². The number of fused-ring (bicyclic) bond motifs is 1. The van der Waals surface area contributed by atoms with E-state index in [1.54, 1.807) is 22.2 Å². The maximum Gasteiger partial charge on any atom is 0.262 e. The second-order valence-electron chi connectivity index (χ2n) is 7.92. The first-order valence-electron chi connectivity index (χ1n) is 10.6. The zero-order chi connectivity index (χ0) is 21.1. The van der Waals surface area contributed by atoms with Gasteiger partial charge in [-0.1, -0.05) is 37.3 Å². The molecule has 30 heavy (non-hydrogen) atoms. The molecule has 0 saturated carbocycles. The SMILES string of the molecule is CCc1c(C)sc2ncn([C@@H]3CCCN(CC(=O)NCc4ccccc4)C3)c(=O)c12. The number of amides is 1. The largest absolute Gasteiger partial charge is 0.351 e. The van der Waals surface area contributed by atoms with Crippen molar-refractivity contribution in [1.29, 1.82) is 0 Å². The fourth-order valence-corrected chi connectivity index (χ4v) is 5.39. The number of aryl methyl sites for hydroxylation is 2. The van der Waals surface area contributed by atoms with Gasteiger partial charge in [0, 0.05) is 18.0 Å². The monoisotopic (exact) mass is 424 g/mol. The van der Waals surface area contributed by atoms with Crippen molar-refractivity contribution in [3.63, 3.8) is 0 Å². The maximum absolute atomic E-state index is 13.2. The van der Waals surface area contributed by atoms with Gasteiger partial charge in [0.25, 0.3) is 5.56 Å². The number of benzene rings is 1. The fourth-order valence-electron chi connectivity index (χ4n) is 4.31. The van der Waals surface area contributed by atoms with Crippen LogP contribution in [-0.4, -0.2) is 40.0 Å². The molecule has 1 aliphatic heterocycles. The number of rotatable bonds is 6. The molecule has 1 aromatic carbocycles. The van der Waals surface area contributed by atoms with Crippen LogP contribution in [0.4, 0.5) is 0 Å². The summed E-state index contributed by atoms with van der Waals surface area (Å²) in [5.74, 6) is 0.0159. The van der Waals surface area contributed by atoms with Crippen LogP contribution in [-0.2, 0) is 17.8 Å². The molecule has 0 aliphatic carbocycles. The highest BCUT2D eigenvalue weighted by atomic mass is 32.1. The summed E-state index contributed by atoms with van der Waals surface area (Å²) in [4.78, 5) is 34.4. The summed E-state index contributed by atoms with van der Waals surface area (Å²) in [5, 5.41) is 3.77. The number of hydrogen-bond donors (Lipinski definition) is 1. The second-order valence-corrected chi connectivity index (χ2v) is 9.12. The van der Waals surface area contributed by atoms with Crippen molar-refractivity contribution in [2.45, 2.75) is 45.7 Å². The highest BCUT2D eigenvalue weighted by Crippen LogP contribution is 2.28. The quantitative estimate of drug-likeness (QED) is 0.659. The molecule has 1 N–H and O–H groups in total. The Morgan fingerprint density at radius 3 is 2.87 bits per heavy atom. The van der Waals surface area contributed by atoms with Crippen molar-refractivity contribution in [2.75, 3.05) is 19.6 Å². The van der Waals surface area contributed by atoms with E-state index >= 15 is 0 Å². The Hall–Kier alpha value is -2.51. The average molecular weight is 425 g/mol. The fraction of sp³-hybridized carbons (Fsp3) is 0.435. The second kappa shape index (κ2) is 9.10. The summed E-state index contributed by atoms with van der Waals surface area (Å²) in [6.45, 7) is 6.60. The Bertz CT molecular complexity index is 1090. The van der Waals surface area contributed by atoms with E-state index in [9.17, 15) is 9.59 Å². The Labute approximate surface area is 180 Å². The molecule has 1 fully saturated rings. The van der Waals surface area contributed by atoms with Crippen molar-refractivity contribution in [1.82, 2.24) is 19.8 Å². The van der Waals surface area contributed by atoms with Crippen LogP contribution in [0.15, 0.2) is 41.5 Å². The third-order valence-electron chi connectivity index (χ3n) is 5.87. The van der Waals surface area contributed by atoms with E-state index in [2.05, 4.69) is 29.0 Å². The van der Waals surface area contributed by atoms with Crippen molar-refractivity contribution >= 4 is 27.5 Å². The molecule has 0 unspecified atom stereocenters. The number of thiophene rings is 1. The number of likely N-dealkylation sites (tertiary alicyclic amines) is 1. The molecular weight excluding hydrogens is 396 g/mol. The number of carbonyl (C=O) groups excluding carboxylic acids is 1. The van der Waals surface area contributed by atoms with Gasteiger partial charge in [-0.25, -0.2) is 4.98 Å². The minimum atomic E-state index is 0.0159. The van der Waals surface area contributed by atoms with E-state index in [-0.39, 0.29) is 17.5 Å². The number of hydrogen-bond acceptors (Lipinski definition) is 5. The minimum Gasteiger partial charge on any atom is -0.351 e. The van der Waals surface area contributed by atoms with Gasteiger partial charge >= 0.3 is 0 Å².